The largest absolute Gasteiger partial charge is 0.386 e. The zero-order chi connectivity index (χ0) is 28.2. The second-order valence-corrected chi connectivity index (χ2v) is 10.5. The average Bonchev–Trinajstić information content (AvgIpc) is 3.64. The summed E-state index contributed by atoms with van der Waals surface area (Å²) in [6.07, 6.45) is 6.63. The van der Waals surface area contributed by atoms with E-state index in [1.807, 2.05) is 59.1 Å². The van der Waals surface area contributed by atoms with Crippen molar-refractivity contribution in [1.29, 1.82) is 5.26 Å². The number of carbonyl (C=O) groups is 2. The van der Waals surface area contributed by atoms with E-state index in [0.29, 0.717) is 18.3 Å². The van der Waals surface area contributed by atoms with Gasteiger partial charge in [-0.15, -0.1) is 0 Å². The number of carbonyl (C=O) groups excluding carboxylic acids is 2. The van der Waals surface area contributed by atoms with Crippen LogP contribution in [0.5, 0.6) is 0 Å². The Labute approximate surface area is 219 Å². The van der Waals surface area contributed by atoms with Crippen LogP contribution in [0.1, 0.15) is 78.4 Å². The number of rotatable bonds is 10. The second-order valence-electron chi connectivity index (χ2n) is 10.5. The van der Waals surface area contributed by atoms with Crippen molar-refractivity contribution in [3.8, 4) is 6.07 Å². The van der Waals surface area contributed by atoms with Crippen LogP contribution in [0, 0.1) is 22.7 Å². The molecule has 7 nitrogen and oxygen atoms in total. The van der Waals surface area contributed by atoms with E-state index in [4.69, 9.17) is 10.4 Å². The number of aliphatic hydroxyl groups excluding tert-OH is 1. The van der Waals surface area contributed by atoms with Crippen LogP contribution in [0.2, 0.25) is 0 Å². The van der Waals surface area contributed by atoms with Crippen LogP contribution in [-0.2, 0) is 15.1 Å². The average molecular weight is 503 g/mol. The molecule has 0 spiro atoms. The number of nitrogens with zero attached hydrogens (tertiary/aromatic N) is 1. The first kappa shape index (κ1) is 35.6. The van der Waals surface area contributed by atoms with Gasteiger partial charge in [-0.3, -0.25) is 0 Å². The van der Waals surface area contributed by atoms with Crippen molar-refractivity contribution in [3.05, 3.63) is 48.2 Å². The molecular formula is C29H50N4O3. The third-order valence-electron chi connectivity index (χ3n) is 5.65. The minimum atomic E-state index is -0.765. The van der Waals surface area contributed by atoms with E-state index < -0.39 is 6.10 Å². The third-order valence-corrected chi connectivity index (χ3v) is 5.65. The van der Waals surface area contributed by atoms with E-state index in [2.05, 4.69) is 49.4 Å². The number of nitrogens with one attached hydrogen (secondary N) is 3. The molecule has 204 valence electrons. The van der Waals surface area contributed by atoms with Crippen molar-refractivity contribution >= 4 is 12.6 Å². The van der Waals surface area contributed by atoms with Gasteiger partial charge in [-0.1, -0.05) is 59.2 Å². The van der Waals surface area contributed by atoms with E-state index in [0.717, 1.165) is 30.7 Å². The van der Waals surface area contributed by atoms with E-state index in [-0.39, 0.29) is 17.0 Å². The molecule has 1 aromatic carbocycles. The Morgan fingerprint density at radius 1 is 1.17 bits per heavy atom. The van der Waals surface area contributed by atoms with Crippen LogP contribution >= 0.6 is 0 Å². The lowest BCUT2D eigenvalue weighted by Crippen LogP contribution is -2.38. The summed E-state index contributed by atoms with van der Waals surface area (Å²) < 4.78 is 0. The highest BCUT2D eigenvalue weighted by atomic mass is 16.3. The zero-order valence-electron chi connectivity index (χ0n) is 23.7. The highest BCUT2D eigenvalue weighted by Gasteiger charge is 2.22. The molecule has 0 aliphatic heterocycles. The maximum absolute atomic E-state index is 10.4. The lowest BCUT2D eigenvalue weighted by molar-refractivity contribution is -0.115. The summed E-state index contributed by atoms with van der Waals surface area (Å²) in [6.45, 7) is 16.8. The minimum absolute atomic E-state index is 0.0318. The van der Waals surface area contributed by atoms with Gasteiger partial charge < -0.3 is 30.6 Å². The molecule has 2 atom stereocenters. The molecule has 1 aromatic rings. The summed E-state index contributed by atoms with van der Waals surface area (Å²) in [6, 6.07) is 9.66. The van der Waals surface area contributed by atoms with Crippen LogP contribution in [0.4, 0.5) is 0 Å². The Balaban J connectivity index is 0. The van der Waals surface area contributed by atoms with Crippen LogP contribution in [0.25, 0.3) is 0 Å². The summed E-state index contributed by atoms with van der Waals surface area (Å²) >= 11 is 0. The first-order chi connectivity index (χ1) is 16.8. The fourth-order valence-corrected chi connectivity index (χ4v) is 2.46. The van der Waals surface area contributed by atoms with Gasteiger partial charge in [0.05, 0.1) is 17.7 Å². The normalized spacial score (nSPS) is 14.0. The summed E-state index contributed by atoms with van der Waals surface area (Å²) in [5.74, 6) is 1.08. The van der Waals surface area contributed by atoms with Crippen LogP contribution in [0.15, 0.2) is 37.0 Å². The predicted molar refractivity (Wildman–Crippen MR) is 150 cm³/mol. The number of aldehydes is 2. The Kier molecular flexibility index (Phi) is 19.4. The smallest absolute Gasteiger partial charge is 0.148 e. The van der Waals surface area contributed by atoms with Crippen molar-refractivity contribution in [1.82, 2.24) is 16.0 Å². The molecule has 7 heteroatoms. The van der Waals surface area contributed by atoms with E-state index in [1.54, 1.807) is 6.20 Å². The molecule has 1 aliphatic rings. The fraction of sp³-hybridized carbons (Fsp3) is 0.621. The first-order valence-corrected chi connectivity index (χ1v) is 12.6. The molecule has 2 rings (SSSR count). The van der Waals surface area contributed by atoms with Crippen molar-refractivity contribution in [2.75, 3.05) is 20.6 Å². The second kappa shape index (κ2) is 19.6. The molecule has 0 aromatic heterocycles. The highest BCUT2D eigenvalue weighted by Crippen LogP contribution is 2.26. The summed E-state index contributed by atoms with van der Waals surface area (Å²) in [4.78, 5) is 20.3. The Hall–Kier alpha value is -2.53. The van der Waals surface area contributed by atoms with E-state index in [9.17, 15) is 9.59 Å². The topological polar surface area (TPSA) is 114 Å². The SMILES string of the molecule is C=CNC(C=O)C(C)(C)C.CC1CC1.CNC(C)(C)c1cccc(C#N)c1.CNCCCC(O)C=O. The molecular weight excluding hydrogens is 452 g/mol. The summed E-state index contributed by atoms with van der Waals surface area (Å²) in [5.41, 5.74) is 1.73. The Bertz CT molecular complexity index is 777. The molecule has 0 saturated heterocycles. The lowest BCUT2D eigenvalue weighted by Gasteiger charge is -2.25. The van der Waals surface area contributed by atoms with Gasteiger partial charge in [-0.25, -0.2) is 0 Å². The maximum atomic E-state index is 10.4. The lowest BCUT2D eigenvalue weighted by atomic mass is 9.88. The molecule has 1 fully saturated rings. The van der Waals surface area contributed by atoms with Gasteiger partial charge in [0, 0.05) is 5.54 Å². The van der Waals surface area contributed by atoms with Crippen molar-refractivity contribution in [2.24, 2.45) is 11.3 Å². The molecule has 0 bridgehead atoms. The molecule has 1 aliphatic carbocycles. The van der Waals surface area contributed by atoms with Gasteiger partial charge in [0.2, 0.25) is 0 Å². The molecule has 0 heterocycles. The van der Waals surface area contributed by atoms with E-state index in [1.165, 1.54) is 12.8 Å². The Morgan fingerprint density at radius 3 is 2.08 bits per heavy atom. The van der Waals surface area contributed by atoms with Crippen LogP contribution in [-0.4, -0.2) is 50.5 Å². The van der Waals surface area contributed by atoms with Crippen LogP contribution < -0.4 is 16.0 Å². The fourth-order valence-electron chi connectivity index (χ4n) is 2.46. The number of hydrogen-bond acceptors (Lipinski definition) is 7. The zero-order valence-corrected chi connectivity index (χ0v) is 23.7. The van der Waals surface area contributed by atoms with Gasteiger partial charge in [0.1, 0.15) is 18.7 Å². The number of nitriles is 1. The molecule has 0 amide bonds. The predicted octanol–water partition coefficient (Wildman–Crippen LogP) is 4.31. The molecule has 36 heavy (non-hydrogen) atoms. The number of hydrogen-bond donors (Lipinski definition) is 4. The van der Waals surface area contributed by atoms with Gasteiger partial charge >= 0.3 is 0 Å². The number of aliphatic hydroxyl groups is 1. The standard InChI is InChI=1S/C11H14N2.C8H15NO.C6H13NO2.C4H8/c1-11(2,13-3)10-6-4-5-9(7-10)8-12;1-5-9-7(6-10)8(2,3)4;1-7-4-2-3-6(9)5-8;1-4-2-3-4/h4-7,13H,1-3H3;5-7,9H,1H2,2-4H3;5-7,9H,2-4H2,1H3;4H,2-3H2,1H3. The Morgan fingerprint density at radius 2 is 1.75 bits per heavy atom. The molecule has 1 saturated carbocycles. The summed E-state index contributed by atoms with van der Waals surface area (Å²) in [5, 5.41) is 26.4. The maximum Gasteiger partial charge on any atom is 0.148 e. The van der Waals surface area contributed by atoms with Gasteiger partial charge in [0.25, 0.3) is 0 Å². The van der Waals surface area contributed by atoms with Gasteiger partial charge in [-0.2, -0.15) is 5.26 Å². The van der Waals surface area contributed by atoms with Crippen LogP contribution in [0.3, 0.4) is 0 Å². The molecule has 2 unspecified atom stereocenters. The van der Waals surface area contributed by atoms with E-state index >= 15 is 0 Å². The van der Waals surface area contributed by atoms with Crippen molar-refractivity contribution < 1.29 is 14.7 Å². The minimum Gasteiger partial charge on any atom is -0.386 e. The highest BCUT2D eigenvalue weighted by molar-refractivity contribution is 5.59. The molecule has 4 N–H and O–H groups in total. The monoisotopic (exact) mass is 502 g/mol. The quantitative estimate of drug-likeness (QED) is 0.278. The summed E-state index contributed by atoms with van der Waals surface area (Å²) in [7, 11) is 3.76. The van der Waals surface area contributed by atoms with Gasteiger partial charge in [-0.05, 0) is 82.6 Å². The third kappa shape index (κ3) is 18.8. The first-order valence-electron chi connectivity index (χ1n) is 12.6. The van der Waals surface area contributed by atoms with Crippen molar-refractivity contribution in [3.63, 3.8) is 0 Å². The van der Waals surface area contributed by atoms with Crippen molar-refractivity contribution in [2.45, 2.75) is 84.9 Å². The molecule has 0 radical (unpaired) electrons. The van der Waals surface area contributed by atoms with Gasteiger partial charge in [0.15, 0.2) is 0 Å². The number of benzene rings is 1.